The summed E-state index contributed by atoms with van der Waals surface area (Å²) in [4.78, 5) is 1.33. The fourth-order valence-electron chi connectivity index (χ4n) is 3.68. The number of thiophene rings is 1. The first-order valence-electron chi connectivity index (χ1n) is 10.6. The van der Waals surface area contributed by atoms with E-state index >= 15 is 0 Å². The zero-order valence-electron chi connectivity index (χ0n) is 17.7. The first kappa shape index (κ1) is 22.9. The molecular formula is C24H26FNO4S2. The highest BCUT2D eigenvalue weighted by Gasteiger charge is 2.29. The van der Waals surface area contributed by atoms with Gasteiger partial charge in [0.1, 0.15) is 11.6 Å². The highest BCUT2D eigenvalue weighted by Crippen LogP contribution is 2.24. The predicted octanol–water partition coefficient (Wildman–Crippen LogP) is 4.88. The molecule has 1 saturated heterocycles. The van der Waals surface area contributed by atoms with Crippen molar-refractivity contribution >= 4 is 21.4 Å². The molecule has 0 unspecified atom stereocenters. The molecule has 0 aliphatic carbocycles. The second kappa shape index (κ2) is 10.6. The Morgan fingerprint density at radius 3 is 2.69 bits per heavy atom. The molecule has 3 aromatic rings. The SMILES string of the molecule is O=S(=O)(c1ccc(F)cc1)N(Cc1cccc(OCCc2cccs2)c1)C[C@@H]1CCCO1. The molecule has 1 fully saturated rings. The third kappa shape index (κ3) is 5.95. The standard InChI is InChI=1S/C24H26FNO4S2/c25-20-8-10-24(11-9-20)32(27,28)26(18-22-6-2-13-29-22)17-19-4-1-5-21(16-19)30-14-12-23-7-3-15-31-23/h1,3-5,7-11,15-16,22H,2,6,12-14,17-18H2/t22-/m0/s1. The summed E-state index contributed by atoms with van der Waals surface area (Å²) in [5.41, 5.74) is 0.822. The molecule has 1 aliphatic rings. The van der Waals surface area contributed by atoms with E-state index in [1.807, 2.05) is 35.7 Å². The number of halogens is 1. The molecule has 2 aromatic carbocycles. The summed E-state index contributed by atoms with van der Waals surface area (Å²) in [6, 6.07) is 16.5. The van der Waals surface area contributed by atoms with Crippen molar-refractivity contribution in [2.45, 2.75) is 36.8 Å². The van der Waals surface area contributed by atoms with Crippen LogP contribution in [0, 0.1) is 5.82 Å². The Bertz CT molecular complexity index is 1100. The maximum atomic E-state index is 13.3. The van der Waals surface area contributed by atoms with Crippen LogP contribution in [0.3, 0.4) is 0 Å². The maximum Gasteiger partial charge on any atom is 0.243 e. The Balaban J connectivity index is 1.49. The number of hydrogen-bond acceptors (Lipinski definition) is 5. The topological polar surface area (TPSA) is 55.8 Å². The monoisotopic (exact) mass is 475 g/mol. The summed E-state index contributed by atoms with van der Waals surface area (Å²) < 4.78 is 53.0. The van der Waals surface area contributed by atoms with Crippen LogP contribution in [0.15, 0.2) is 70.9 Å². The van der Waals surface area contributed by atoms with Crippen molar-refractivity contribution in [1.82, 2.24) is 4.31 Å². The molecule has 170 valence electrons. The second-order valence-electron chi connectivity index (χ2n) is 7.71. The molecule has 0 spiro atoms. The highest BCUT2D eigenvalue weighted by atomic mass is 32.2. The van der Waals surface area contributed by atoms with Gasteiger partial charge in [-0.05, 0) is 66.2 Å². The van der Waals surface area contributed by atoms with Gasteiger partial charge in [-0.15, -0.1) is 11.3 Å². The number of rotatable bonds is 10. The lowest BCUT2D eigenvalue weighted by atomic mass is 10.2. The van der Waals surface area contributed by atoms with Gasteiger partial charge in [0.15, 0.2) is 0 Å². The van der Waals surface area contributed by atoms with E-state index in [9.17, 15) is 12.8 Å². The third-order valence-electron chi connectivity index (χ3n) is 5.34. The van der Waals surface area contributed by atoms with E-state index in [4.69, 9.17) is 9.47 Å². The quantitative estimate of drug-likeness (QED) is 0.419. The van der Waals surface area contributed by atoms with Crippen LogP contribution in [0.25, 0.3) is 0 Å². The number of nitrogens with zero attached hydrogens (tertiary/aromatic N) is 1. The zero-order chi connectivity index (χ0) is 22.4. The van der Waals surface area contributed by atoms with Gasteiger partial charge in [-0.1, -0.05) is 18.2 Å². The van der Waals surface area contributed by atoms with Crippen LogP contribution >= 0.6 is 11.3 Å². The Hall–Kier alpha value is -2.26. The Kier molecular flexibility index (Phi) is 7.57. The largest absolute Gasteiger partial charge is 0.493 e. The molecule has 0 radical (unpaired) electrons. The van der Waals surface area contributed by atoms with Gasteiger partial charge in [-0.2, -0.15) is 4.31 Å². The minimum atomic E-state index is -3.82. The molecule has 0 bridgehead atoms. The molecular weight excluding hydrogens is 449 g/mol. The first-order valence-corrected chi connectivity index (χ1v) is 12.9. The maximum absolute atomic E-state index is 13.3. The number of benzene rings is 2. The van der Waals surface area contributed by atoms with E-state index in [2.05, 4.69) is 6.07 Å². The van der Waals surface area contributed by atoms with Crippen molar-refractivity contribution < 1.29 is 22.3 Å². The van der Waals surface area contributed by atoms with Crippen LogP contribution in [-0.4, -0.2) is 38.6 Å². The summed E-state index contributed by atoms with van der Waals surface area (Å²) in [5.74, 6) is 0.234. The van der Waals surface area contributed by atoms with E-state index in [0.717, 1.165) is 24.8 Å². The van der Waals surface area contributed by atoms with Crippen LogP contribution in [0.5, 0.6) is 5.75 Å². The van der Waals surface area contributed by atoms with Crippen LogP contribution in [-0.2, 0) is 27.7 Å². The lowest BCUT2D eigenvalue weighted by Gasteiger charge is -2.25. The van der Waals surface area contributed by atoms with Crippen LogP contribution < -0.4 is 4.74 Å². The summed E-state index contributed by atoms with van der Waals surface area (Å²) in [6.45, 7) is 1.63. The fraction of sp³-hybridized carbons (Fsp3) is 0.333. The average molecular weight is 476 g/mol. The van der Waals surface area contributed by atoms with Crippen LogP contribution in [0.4, 0.5) is 4.39 Å². The minimum Gasteiger partial charge on any atom is -0.493 e. The second-order valence-corrected chi connectivity index (χ2v) is 10.7. The molecule has 5 nitrogen and oxygen atoms in total. The van der Waals surface area contributed by atoms with E-state index < -0.39 is 15.8 Å². The van der Waals surface area contributed by atoms with Gasteiger partial charge < -0.3 is 9.47 Å². The number of ether oxygens (including phenoxy) is 2. The summed E-state index contributed by atoms with van der Waals surface area (Å²) in [6.07, 6.45) is 2.42. The molecule has 0 amide bonds. The molecule has 32 heavy (non-hydrogen) atoms. The summed E-state index contributed by atoms with van der Waals surface area (Å²) in [5, 5.41) is 2.04. The molecule has 4 rings (SSSR count). The number of sulfonamides is 1. The molecule has 1 aliphatic heterocycles. The molecule has 0 N–H and O–H groups in total. The molecule has 1 aromatic heterocycles. The Labute approximate surface area is 192 Å². The van der Waals surface area contributed by atoms with Crippen molar-refractivity contribution in [3.05, 3.63) is 82.3 Å². The Morgan fingerprint density at radius 2 is 1.97 bits per heavy atom. The van der Waals surface area contributed by atoms with Gasteiger partial charge in [0.05, 0.1) is 17.6 Å². The Morgan fingerprint density at radius 1 is 1.12 bits per heavy atom. The average Bonchev–Trinajstić information content (AvgIpc) is 3.48. The fourth-order valence-corrected chi connectivity index (χ4v) is 5.83. The van der Waals surface area contributed by atoms with Crippen LogP contribution in [0.2, 0.25) is 0 Å². The van der Waals surface area contributed by atoms with E-state index in [0.29, 0.717) is 19.0 Å². The van der Waals surface area contributed by atoms with E-state index in [1.54, 1.807) is 11.3 Å². The first-order chi connectivity index (χ1) is 15.5. The molecule has 0 saturated carbocycles. The van der Waals surface area contributed by atoms with Gasteiger partial charge in [0.2, 0.25) is 10.0 Å². The summed E-state index contributed by atoms with van der Waals surface area (Å²) >= 11 is 1.70. The van der Waals surface area contributed by atoms with Gasteiger partial charge in [-0.3, -0.25) is 0 Å². The van der Waals surface area contributed by atoms with Gasteiger partial charge >= 0.3 is 0 Å². The molecule has 8 heteroatoms. The van der Waals surface area contributed by atoms with Crippen molar-refractivity contribution in [3.8, 4) is 5.75 Å². The van der Waals surface area contributed by atoms with Gasteiger partial charge in [-0.25, -0.2) is 12.8 Å². The summed E-state index contributed by atoms with van der Waals surface area (Å²) in [7, 11) is -3.82. The lowest BCUT2D eigenvalue weighted by Crippen LogP contribution is -2.37. The smallest absolute Gasteiger partial charge is 0.243 e. The van der Waals surface area contributed by atoms with Crippen LogP contribution in [0.1, 0.15) is 23.3 Å². The lowest BCUT2D eigenvalue weighted by molar-refractivity contribution is 0.0926. The van der Waals surface area contributed by atoms with Gasteiger partial charge in [0.25, 0.3) is 0 Å². The van der Waals surface area contributed by atoms with Gasteiger partial charge in [0, 0.05) is 31.0 Å². The third-order valence-corrected chi connectivity index (χ3v) is 8.10. The van der Waals surface area contributed by atoms with Crippen molar-refractivity contribution in [1.29, 1.82) is 0 Å². The van der Waals surface area contributed by atoms with E-state index in [-0.39, 0.29) is 24.1 Å². The molecule has 2 heterocycles. The zero-order valence-corrected chi connectivity index (χ0v) is 19.3. The molecule has 1 atom stereocenters. The van der Waals surface area contributed by atoms with Crippen molar-refractivity contribution in [2.75, 3.05) is 19.8 Å². The minimum absolute atomic E-state index is 0.0697. The highest BCUT2D eigenvalue weighted by molar-refractivity contribution is 7.89. The predicted molar refractivity (Wildman–Crippen MR) is 123 cm³/mol. The normalized spacial score (nSPS) is 16.5. The number of hydrogen-bond donors (Lipinski definition) is 0. The van der Waals surface area contributed by atoms with Crippen molar-refractivity contribution in [2.24, 2.45) is 0 Å². The van der Waals surface area contributed by atoms with Crippen molar-refractivity contribution in [3.63, 3.8) is 0 Å². The van der Waals surface area contributed by atoms with E-state index in [1.165, 1.54) is 33.4 Å².